The van der Waals surface area contributed by atoms with Crippen molar-refractivity contribution in [3.8, 4) is 0 Å². The minimum absolute atomic E-state index is 0.350. The normalized spacial score (nSPS) is 12.9. The Morgan fingerprint density at radius 2 is 1.88 bits per heavy atom. The SMILES string of the molecule is CC(NCCCNC(=O)OC(C)(C)C)C(N)=O. The van der Waals surface area contributed by atoms with E-state index < -0.39 is 11.7 Å². The Morgan fingerprint density at radius 1 is 1.29 bits per heavy atom. The average Bonchev–Trinajstić information content (AvgIpc) is 2.13. The monoisotopic (exact) mass is 245 g/mol. The van der Waals surface area contributed by atoms with Gasteiger partial charge < -0.3 is 21.1 Å². The van der Waals surface area contributed by atoms with Crippen LogP contribution in [0.1, 0.15) is 34.1 Å². The van der Waals surface area contributed by atoms with Gasteiger partial charge in [0, 0.05) is 6.54 Å². The molecule has 6 nitrogen and oxygen atoms in total. The Kier molecular flexibility index (Phi) is 6.57. The topological polar surface area (TPSA) is 93.4 Å². The molecule has 100 valence electrons. The molecule has 0 rings (SSSR count). The fraction of sp³-hybridized carbons (Fsp3) is 0.818. The number of primary amides is 1. The molecular formula is C11H23N3O3. The Hall–Kier alpha value is -1.30. The Bertz CT molecular complexity index is 261. The predicted octanol–water partition coefficient (Wildman–Crippen LogP) is 0.365. The van der Waals surface area contributed by atoms with Crippen molar-refractivity contribution >= 4 is 12.0 Å². The highest BCUT2D eigenvalue weighted by Gasteiger charge is 2.15. The zero-order valence-corrected chi connectivity index (χ0v) is 11.0. The predicted molar refractivity (Wildman–Crippen MR) is 65.5 cm³/mol. The van der Waals surface area contributed by atoms with Crippen LogP contribution in [0.25, 0.3) is 0 Å². The molecule has 1 unspecified atom stereocenters. The second-order valence-electron chi connectivity index (χ2n) is 4.86. The summed E-state index contributed by atoms with van der Waals surface area (Å²) in [6.45, 7) is 8.23. The third-order valence-corrected chi connectivity index (χ3v) is 1.90. The van der Waals surface area contributed by atoms with Crippen molar-refractivity contribution in [2.45, 2.75) is 45.8 Å². The van der Waals surface area contributed by atoms with E-state index >= 15 is 0 Å². The van der Waals surface area contributed by atoms with Gasteiger partial charge in [-0.15, -0.1) is 0 Å². The van der Waals surface area contributed by atoms with E-state index in [-0.39, 0.29) is 11.9 Å². The summed E-state index contributed by atoms with van der Waals surface area (Å²) in [7, 11) is 0. The average molecular weight is 245 g/mol. The second-order valence-corrected chi connectivity index (χ2v) is 4.86. The summed E-state index contributed by atoms with van der Waals surface area (Å²) in [5.74, 6) is -0.384. The van der Waals surface area contributed by atoms with Crippen molar-refractivity contribution < 1.29 is 14.3 Å². The summed E-state index contributed by atoms with van der Waals surface area (Å²) in [5, 5.41) is 5.56. The first-order chi connectivity index (χ1) is 7.72. The van der Waals surface area contributed by atoms with E-state index in [0.717, 1.165) is 0 Å². The van der Waals surface area contributed by atoms with Gasteiger partial charge in [0.05, 0.1) is 6.04 Å². The van der Waals surface area contributed by atoms with Gasteiger partial charge in [0.15, 0.2) is 0 Å². The number of rotatable bonds is 6. The molecule has 0 aliphatic rings. The third kappa shape index (κ3) is 9.62. The maximum atomic E-state index is 11.2. The fourth-order valence-electron chi connectivity index (χ4n) is 1.01. The number of amides is 2. The molecule has 0 heterocycles. The third-order valence-electron chi connectivity index (χ3n) is 1.90. The number of nitrogens with two attached hydrogens (primary N) is 1. The van der Waals surface area contributed by atoms with Gasteiger partial charge in [0.2, 0.25) is 5.91 Å². The van der Waals surface area contributed by atoms with Gasteiger partial charge in [0.25, 0.3) is 0 Å². The smallest absolute Gasteiger partial charge is 0.407 e. The van der Waals surface area contributed by atoms with Gasteiger partial charge in [-0.2, -0.15) is 0 Å². The summed E-state index contributed by atoms with van der Waals surface area (Å²) in [6, 6.07) is -0.350. The van der Waals surface area contributed by atoms with Crippen LogP contribution in [0.2, 0.25) is 0 Å². The summed E-state index contributed by atoms with van der Waals surface area (Å²) < 4.78 is 5.06. The fourth-order valence-corrected chi connectivity index (χ4v) is 1.01. The van der Waals surface area contributed by atoms with E-state index in [1.807, 2.05) is 20.8 Å². The van der Waals surface area contributed by atoms with Crippen LogP contribution in [0.4, 0.5) is 4.79 Å². The Morgan fingerprint density at radius 3 is 2.35 bits per heavy atom. The maximum Gasteiger partial charge on any atom is 0.407 e. The lowest BCUT2D eigenvalue weighted by Gasteiger charge is -2.19. The highest BCUT2D eigenvalue weighted by Crippen LogP contribution is 2.06. The van der Waals surface area contributed by atoms with Crippen molar-refractivity contribution in [1.82, 2.24) is 10.6 Å². The first kappa shape index (κ1) is 15.7. The van der Waals surface area contributed by atoms with Gasteiger partial charge in [-0.25, -0.2) is 4.79 Å². The van der Waals surface area contributed by atoms with E-state index in [9.17, 15) is 9.59 Å². The van der Waals surface area contributed by atoms with Crippen molar-refractivity contribution in [3.63, 3.8) is 0 Å². The van der Waals surface area contributed by atoms with Crippen molar-refractivity contribution in [3.05, 3.63) is 0 Å². The molecule has 2 amide bonds. The van der Waals surface area contributed by atoms with Crippen LogP contribution >= 0.6 is 0 Å². The Labute approximate surface area is 102 Å². The van der Waals surface area contributed by atoms with Gasteiger partial charge in [-0.3, -0.25) is 4.79 Å². The number of hydrogen-bond acceptors (Lipinski definition) is 4. The van der Waals surface area contributed by atoms with Crippen molar-refractivity contribution in [1.29, 1.82) is 0 Å². The summed E-state index contributed by atoms with van der Waals surface area (Å²) in [4.78, 5) is 21.9. The van der Waals surface area contributed by atoms with Crippen LogP contribution in [0.3, 0.4) is 0 Å². The number of ether oxygens (including phenoxy) is 1. The lowest BCUT2D eigenvalue weighted by atomic mass is 10.2. The number of hydrogen-bond donors (Lipinski definition) is 3. The van der Waals surface area contributed by atoms with Crippen molar-refractivity contribution in [2.24, 2.45) is 5.73 Å². The molecule has 0 aromatic heterocycles. The maximum absolute atomic E-state index is 11.2. The van der Waals surface area contributed by atoms with Crippen LogP contribution in [-0.2, 0) is 9.53 Å². The lowest BCUT2D eigenvalue weighted by molar-refractivity contribution is -0.119. The minimum Gasteiger partial charge on any atom is -0.444 e. The quantitative estimate of drug-likeness (QED) is 0.589. The molecule has 0 spiro atoms. The molecule has 0 saturated carbocycles. The standard InChI is InChI=1S/C11H23N3O3/c1-8(9(12)15)13-6-5-7-14-10(16)17-11(2,3)4/h8,13H,5-7H2,1-4H3,(H2,12,15)(H,14,16). The van der Waals surface area contributed by atoms with Crippen LogP contribution in [0, 0.1) is 0 Å². The molecule has 0 aromatic rings. The van der Waals surface area contributed by atoms with E-state index in [1.165, 1.54) is 0 Å². The van der Waals surface area contributed by atoms with Crippen LogP contribution in [0.5, 0.6) is 0 Å². The first-order valence-corrected chi connectivity index (χ1v) is 5.72. The van der Waals surface area contributed by atoms with E-state index in [0.29, 0.717) is 19.5 Å². The lowest BCUT2D eigenvalue weighted by Crippen LogP contribution is -2.40. The molecule has 0 aliphatic heterocycles. The van der Waals surface area contributed by atoms with E-state index in [4.69, 9.17) is 10.5 Å². The highest BCUT2D eigenvalue weighted by molar-refractivity contribution is 5.79. The van der Waals surface area contributed by atoms with Gasteiger partial charge in [-0.05, 0) is 40.7 Å². The molecule has 0 bridgehead atoms. The van der Waals surface area contributed by atoms with E-state index in [2.05, 4.69) is 10.6 Å². The van der Waals surface area contributed by atoms with Crippen LogP contribution < -0.4 is 16.4 Å². The minimum atomic E-state index is -0.483. The molecule has 17 heavy (non-hydrogen) atoms. The summed E-state index contributed by atoms with van der Waals surface area (Å²) in [5.41, 5.74) is 4.59. The molecule has 0 saturated heterocycles. The molecule has 0 aliphatic carbocycles. The molecule has 1 atom stereocenters. The molecule has 0 radical (unpaired) electrons. The number of carbonyl (C=O) groups is 2. The summed E-state index contributed by atoms with van der Waals surface area (Å²) >= 11 is 0. The van der Waals surface area contributed by atoms with Gasteiger partial charge in [0.1, 0.15) is 5.60 Å². The number of alkyl carbamates (subject to hydrolysis) is 1. The number of carbonyl (C=O) groups excluding carboxylic acids is 2. The van der Waals surface area contributed by atoms with Crippen LogP contribution in [-0.4, -0.2) is 36.7 Å². The summed E-state index contributed by atoms with van der Waals surface area (Å²) in [6.07, 6.45) is 0.275. The highest BCUT2D eigenvalue weighted by atomic mass is 16.6. The molecule has 0 aromatic carbocycles. The molecule has 0 fully saturated rings. The molecule has 4 N–H and O–H groups in total. The zero-order valence-electron chi connectivity index (χ0n) is 11.0. The molecule has 6 heteroatoms. The van der Waals surface area contributed by atoms with Gasteiger partial charge in [-0.1, -0.05) is 0 Å². The van der Waals surface area contributed by atoms with Crippen LogP contribution in [0.15, 0.2) is 0 Å². The first-order valence-electron chi connectivity index (χ1n) is 5.72. The van der Waals surface area contributed by atoms with Gasteiger partial charge >= 0.3 is 6.09 Å². The molecular weight excluding hydrogens is 222 g/mol. The zero-order chi connectivity index (χ0) is 13.5. The largest absolute Gasteiger partial charge is 0.444 e. The van der Waals surface area contributed by atoms with E-state index in [1.54, 1.807) is 6.92 Å². The Balaban J connectivity index is 3.52. The number of nitrogens with one attached hydrogen (secondary N) is 2. The second kappa shape index (κ2) is 7.11. The van der Waals surface area contributed by atoms with Crippen molar-refractivity contribution in [2.75, 3.05) is 13.1 Å².